The third kappa shape index (κ3) is 4.61. The van der Waals surface area contributed by atoms with E-state index in [0.29, 0.717) is 6.04 Å². The van der Waals surface area contributed by atoms with Crippen LogP contribution in [0.15, 0.2) is 0 Å². The Morgan fingerprint density at radius 2 is 1.81 bits per heavy atom. The van der Waals surface area contributed by atoms with Gasteiger partial charge in [-0.3, -0.25) is 9.59 Å². The summed E-state index contributed by atoms with van der Waals surface area (Å²) < 4.78 is 0. The van der Waals surface area contributed by atoms with Crippen molar-refractivity contribution in [1.29, 1.82) is 0 Å². The molecule has 0 aliphatic heterocycles. The van der Waals surface area contributed by atoms with E-state index in [9.17, 15) is 9.59 Å². The SMILES string of the molecule is O=C(O)CC(CNC1CCCCC1)C(=O)O. The summed E-state index contributed by atoms with van der Waals surface area (Å²) in [5.41, 5.74) is 0. The van der Waals surface area contributed by atoms with Gasteiger partial charge in [0.15, 0.2) is 0 Å². The molecular weight excluding hydrogens is 210 g/mol. The highest BCUT2D eigenvalue weighted by Gasteiger charge is 2.22. The molecule has 0 radical (unpaired) electrons. The standard InChI is InChI=1S/C11H19NO4/c13-10(14)6-8(11(15)16)7-12-9-4-2-1-3-5-9/h8-9,12H,1-7H2,(H,13,14)(H,15,16). The number of carboxylic acids is 2. The van der Waals surface area contributed by atoms with E-state index in [2.05, 4.69) is 5.32 Å². The van der Waals surface area contributed by atoms with Crippen LogP contribution in [0, 0.1) is 5.92 Å². The Morgan fingerprint density at radius 1 is 1.19 bits per heavy atom. The summed E-state index contributed by atoms with van der Waals surface area (Å²) in [6.45, 7) is 0.256. The number of carbonyl (C=O) groups is 2. The first-order valence-corrected chi connectivity index (χ1v) is 5.77. The van der Waals surface area contributed by atoms with E-state index in [4.69, 9.17) is 10.2 Å². The molecule has 0 heterocycles. The van der Waals surface area contributed by atoms with Gasteiger partial charge in [0, 0.05) is 12.6 Å². The molecule has 0 aromatic heterocycles. The predicted octanol–water partition coefficient (Wildman–Crippen LogP) is 1.08. The van der Waals surface area contributed by atoms with Gasteiger partial charge < -0.3 is 15.5 Å². The summed E-state index contributed by atoms with van der Waals surface area (Å²) in [7, 11) is 0. The molecule has 0 bridgehead atoms. The van der Waals surface area contributed by atoms with Crippen molar-refractivity contribution >= 4 is 11.9 Å². The minimum atomic E-state index is -1.06. The van der Waals surface area contributed by atoms with Crippen molar-refractivity contribution < 1.29 is 19.8 Å². The lowest BCUT2D eigenvalue weighted by atomic mass is 9.95. The molecule has 0 amide bonds. The Hall–Kier alpha value is -1.10. The monoisotopic (exact) mass is 229 g/mol. The van der Waals surface area contributed by atoms with Crippen LogP contribution in [0.4, 0.5) is 0 Å². The molecule has 1 saturated carbocycles. The topological polar surface area (TPSA) is 86.6 Å². The van der Waals surface area contributed by atoms with Crippen LogP contribution in [0.5, 0.6) is 0 Å². The fourth-order valence-corrected chi connectivity index (χ4v) is 2.07. The lowest BCUT2D eigenvalue weighted by Gasteiger charge is -2.24. The van der Waals surface area contributed by atoms with Crippen LogP contribution in [0.1, 0.15) is 38.5 Å². The zero-order valence-corrected chi connectivity index (χ0v) is 9.32. The van der Waals surface area contributed by atoms with E-state index >= 15 is 0 Å². The van der Waals surface area contributed by atoms with E-state index in [0.717, 1.165) is 12.8 Å². The molecule has 92 valence electrons. The van der Waals surface area contributed by atoms with Crippen LogP contribution in [-0.4, -0.2) is 34.7 Å². The average Bonchev–Trinajstić information content (AvgIpc) is 2.25. The van der Waals surface area contributed by atoms with Gasteiger partial charge in [0.05, 0.1) is 12.3 Å². The van der Waals surface area contributed by atoms with E-state index in [1.54, 1.807) is 0 Å². The van der Waals surface area contributed by atoms with Crippen molar-refractivity contribution in [3.63, 3.8) is 0 Å². The molecule has 0 spiro atoms. The number of hydrogen-bond acceptors (Lipinski definition) is 3. The van der Waals surface area contributed by atoms with Gasteiger partial charge in [0.1, 0.15) is 0 Å². The molecule has 16 heavy (non-hydrogen) atoms. The van der Waals surface area contributed by atoms with Gasteiger partial charge in [0.25, 0.3) is 0 Å². The largest absolute Gasteiger partial charge is 0.481 e. The number of nitrogens with one attached hydrogen (secondary N) is 1. The maximum absolute atomic E-state index is 10.8. The summed E-state index contributed by atoms with van der Waals surface area (Å²) in [4.78, 5) is 21.3. The molecule has 1 unspecified atom stereocenters. The van der Waals surface area contributed by atoms with E-state index in [-0.39, 0.29) is 13.0 Å². The summed E-state index contributed by atoms with van der Waals surface area (Å²) in [5, 5.41) is 20.6. The molecule has 0 saturated heterocycles. The molecule has 1 rings (SSSR count). The second-order valence-corrected chi connectivity index (χ2v) is 4.38. The second kappa shape index (κ2) is 6.48. The van der Waals surface area contributed by atoms with Gasteiger partial charge in [-0.05, 0) is 12.8 Å². The van der Waals surface area contributed by atoms with Gasteiger partial charge in [-0.1, -0.05) is 19.3 Å². The number of carboxylic acid groups (broad SMARTS) is 2. The summed E-state index contributed by atoms with van der Waals surface area (Å²) >= 11 is 0. The van der Waals surface area contributed by atoms with Crippen molar-refractivity contribution in [1.82, 2.24) is 5.32 Å². The van der Waals surface area contributed by atoms with E-state index in [1.165, 1.54) is 19.3 Å². The highest BCUT2D eigenvalue weighted by Crippen LogP contribution is 2.17. The summed E-state index contributed by atoms with van der Waals surface area (Å²) in [5.74, 6) is -2.91. The zero-order valence-electron chi connectivity index (χ0n) is 9.32. The van der Waals surface area contributed by atoms with Crippen LogP contribution in [-0.2, 0) is 9.59 Å². The first kappa shape index (κ1) is 13.0. The lowest BCUT2D eigenvalue weighted by molar-refractivity contribution is -0.148. The molecule has 1 atom stereocenters. The maximum atomic E-state index is 10.8. The number of aliphatic carboxylic acids is 2. The summed E-state index contributed by atoms with van der Waals surface area (Å²) in [6, 6.07) is 0.365. The smallest absolute Gasteiger partial charge is 0.308 e. The van der Waals surface area contributed by atoms with Crippen molar-refractivity contribution in [2.45, 2.75) is 44.6 Å². The second-order valence-electron chi connectivity index (χ2n) is 4.38. The molecule has 5 nitrogen and oxygen atoms in total. The summed E-state index contributed by atoms with van der Waals surface area (Å²) in [6.07, 6.45) is 5.42. The Morgan fingerprint density at radius 3 is 2.31 bits per heavy atom. The molecule has 0 aromatic carbocycles. The van der Waals surface area contributed by atoms with Gasteiger partial charge in [-0.15, -0.1) is 0 Å². The van der Waals surface area contributed by atoms with Crippen molar-refractivity contribution in [2.75, 3.05) is 6.54 Å². The lowest BCUT2D eigenvalue weighted by Crippen LogP contribution is -2.37. The first-order chi connectivity index (χ1) is 7.59. The predicted molar refractivity (Wildman–Crippen MR) is 58.3 cm³/mol. The van der Waals surface area contributed by atoms with Gasteiger partial charge in [0.2, 0.25) is 0 Å². The molecule has 0 aromatic rings. The molecular formula is C11H19NO4. The maximum Gasteiger partial charge on any atom is 0.308 e. The Labute approximate surface area is 94.8 Å². The third-order valence-corrected chi connectivity index (χ3v) is 3.03. The number of hydrogen-bond donors (Lipinski definition) is 3. The van der Waals surface area contributed by atoms with Gasteiger partial charge in [-0.2, -0.15) is 0 Å². The fraction of sp³-hybridized carbons (Fsp3) is 0.818. The molecule has 1 fully saturated rings. The van der Waals surface area contributed by atoms with Crippen molar-refractivity contribution in [3.05, 3.63) is 0 Å². The number of rotatable bonds is 6. The molecule has 3 N–H and O–H groups in total. The Bertz CT molecular complexity index is 248. The highest BCUT2D eigenvalue weighted by atomic mass is 16.4. The fourth-order valence-electron chi connectivity index (χ4n) is 2.07. The normalized spacial score (nSPS) is 19.2. The third-order valence-electron chi connectivity index (χ3n) is 3.03. The minimum Gasteiger partial charge on any atom is -0.481 e. The molecule has 5 heteroatoms. The van der Waals surface area contributed by atoms with Crippen LogP contribution >= 0.6 is 0 Å². The van der Waals surface area contributed by atoms with E-state index < -0.39 is 17.9 Å². The molecule has 1 aliphatic rings. The van der Waals surface area contributed by atoms with Crippen LogP contribution in [0.2, 0.25) is 0 Å². The van der Waals surface area contributed by atoms with Crippen LogP contribution in [0.25, 0.3) is 0 Å². The quantitative estimate of drug-likeness (QED) is 0.634. The minimum absolute atomic E-state index is 0.256. The first-order valence-electron chi connectivity index (χ1n) is 5.77. The van der Waals surface area contributed by atoms with Crippen LogP contribution < -0.4 is 5.32 Å². The molecule has 1 aliphatic carbocycles. The van der Waals surface area contributed by atoms with Crippen molar-refractivity contribution in [2.24, 2.45) is 5.92 Å². The zero-order chi connectivity index (χ0) is 12.0. The average molecular weight is 229 g/mol. The van der Waals surface area contributed by atoms with E-state index in [1.807, 2.05) is 0 Å². The Balaban J connectivity index is 2.30. The highest BCUT2D eigenvalue weighted by molar-refractivity contribution is 5.77. The van der Waals surface area contributed by atoms with Gasteiger partial charge >= 0.3 is 11.9 Å². The Kier molecular flexibility index (Phi) is 5.25. The van der Waals surface area contributed by atoms with Gasteiger partial charge in [-0.25, -0.2) is 0 Å². The van der Waals surface area contributed by atoms with Crippen molar-refractivity contribution in [3.8, 4) is 0 Å². The van der Waals surface area contributed by atoms with Crippen LogP contribution in [0.3, 0.4) is 0 Å².